The van der Waals surface area contributed by atoms with Crippen LogP contribution >= 0.6 is 11.8 Å². The molecule has 0 bridgehead atoms. The van der Waals surface area contributed by atoms with Crippen LogP contribution in [0.1, 0.15) is 25.6 Å². The van der Waals surface area contributed by atoms with Gasteiger partial charge in [-0.15, -0.1) is 10.2 Å². The molecule has 0 N–H and O–H groups in total. The molecule has 30 heavy (non-hydrogen) atoms. The number of halogens is 2. The van der Waals surface area contributed by atoms with Crippen molar-refractivity contribution in [1.29, 1.82) is 0 Å². The zero-order chi connectivity index (χ0) is 21.1. The Morgan fingerprint density at radius 3 is 2.30 bits per heavy atom. The Labute approximate surface area is 176 Å². The van der Waals surface area contributed by atoms with Gasteiger partial charge in [-0.05, 0) is 54.4 Å². The lowest BCUT2D eigenvalue weighted by molar-refractivity contribution is 0.382. The van der Waals surface area contributed by atoms with Crippen molar-refractivity contribution in [2.45, 2.75) is 31.2 Å². The van der Waals surface area contributed by atoms with Crippen molar-refractivity contribution in [2.75, 3.05) is 0 Å². The van der Waals surface area contributed by atoms with Gasteiger partial charge < -0.3 is 4.52 Å². The molecule has 154 valence electrons. The first-order valence-corrected chi connectivity index (χ1v) is 10.4. The third-order valence-electron chi connectivity index (χ3n) is 4.25. The highest BCUT2D eigenvalue weighted by Gasteiger charge is 2.18. The van der Waals surface area contributed by atoms with Crippen LogP contribution in [-0.4, -0.2) is 24.9 Å². The van der Waals surface area contributed by atoms with Gasteiger partial charge >= 0.3 is 0 Å². The molecule has 0 fully saturated rings. The molecule has 0 saturated carbocycles. The first-order valence-electron chi connectivity index (χ1n) is 9.41. The van der Waals surface area contributed by atoms with E-state index in [4.69, 9.17) is 4.52 Å². The summed E-state index contributed by atoms with van der Waals surface area (Å²) in [6.07, 6.45) is 0.745. The van der Waals surface area contributed by atoms with Crippen LogP contribution < -0.4 is 0 Å². The molecule has 0 aliphatic carbocycles. The minimum absolute atomic E-state index is 0.338. The van der Waals surface area contributed by atoms with E-state index in [1.807, 2.05) is 0 Å². The van der Waals surface area contributed by atoms with E-state index in [2.05, 4.69) is 34.2 Å². The van der Waals surface area contributed by atoms with Gasteiger partial charge in [-0.2, -0.15) is 4.98 Å². The van der Waals surface area contributed by atoms with Crippen molar-refractivity contribution in [3.05, 3.63) is 71.9 Å². The third-order valence-corrected chi connectivity index (χ3v) is 5.16. The summed E-state index contributed by atoms with van der Waals surface area (Å²) in [5.41, 5.74) is 1.38. The quantitative estimate of drug-likeness (QED) is 0.383. The molecule has 4 rings (SSSR count). The van der Waals surface area contributed by atoms with Crippen molar-refractivity contribution < 1.29 is 13.3 Å². The second-order valence-electron chi connectivity index (χ2n) is 7.12. The average Bonchev–Trinajstić information content (AvgIpc) is 3.34. The predicted octanol–water partition coefficient (Wildman–Crippen LogP) is 5.09. The molecule has 0 spiro atoms. The maximum absolute atomic E-state index is 13.4. The SMILES string of the molecule is CC(C)Cc1noc(CSc2nnc(-c3ccc(F)cc3)n2-c2ccc(F)cc2)n1. The summed E-state index contributed by atoms with van der Waals surface area (Å²) in [5.74, 6) is 1.86. The Hall–Kier alpha value is -3.07. The number of hydrogen-bond acceptors (Lipinski definition) is 6. The van der Waals surface area contributed by atoms with E-state index in [-0.39, 0.29) is 11.6 Å². The van der Waals surface area contributed by atoms with Crippen molar-refractivity contribution in [1.82, 2.24) is 24.9 Å². The van der Waals surface area contributed by atoms with Gasteiger partial charge in [-0.25, -0.2) is 8.78 Å². The molecule has 0 unspecified atom stereocenters. The van der Waals surface area contributed by atoms with Gasteiger partial charge in [-0.1, -0.05) is 30.8 Å². The molecular weight excluding hydrogens is 408 g/mol. The van der Waals surface area contributed by atoms with Crippen molar-refractivity contribution in [2.24, 2.45) is 5.92 Å². The topological polar surface area (TPSA) is 69.6 Å². The molecule has 0 atom stereocenters. The molecular formula is C21H19F2N5OS. The smallest absolute Gasteiger partial charge is 0.237 e. The Morgan fingerprint density at radius 1 is 0.967 bits per heavy atom. The van der Waals surface area contributed by atoms with Crippen LogP contribution in [0.5, 0.6) is 0 Å². The van der Waals surface area contributed by atoms with Crippen molar-refractivity contribution >= 4 is 11.8 Å². The zero-order valence-electron chi connectivity index (χ0n) is 16.4. The predicted molar refractivity (Wildman–Crippen MR) is 109 cm³/mol. The lowest BCUT2D eigenvalue weighted by Gasteiger charge is -2.10. The van der Waals surface area contributed by atoms with E-state index >= 15 is 0 Å². The summed E-state index contributed by atoms with van der Waals surface area (Å²) in [4.78, 5) is 4.41. The third kappa shape index (κ3) is 4.56. The number of rotatable bonds is 7. The van der Waals surface area contributed by atoms with Crippen LogP contribution in [0.3, 0.4) is 0 Å². The van der Waals surface area contributed by atoms with Gasteiger partial charge in [0.15, 0.2) is 16.8 Å². The molecule has 2 aromatic heterocycles. The van der Waals surface area contributed by atoms with E-state index in [0.29, 0.717) is 45.6 Å². The van der Waals surface area contributed by atoms with Crippen LogP contribution in [0, 0.1) is 17.6 Å². The van der Waals surface area contributed by atoms with E-state index in [9.17, 15) is 8.78 Å². The lowest BCUT2D eigenvalue weighted by Crippen LogP contribution is -2.00. The molecule has 0 aliphatic rings. The molecule has 9 heteroatoms. The van der Waals surface area contributed by atoms with Gasteiger partial charge in [0.1, 0.15) is 11.6 Å². The number of benzene rings is 2. The summed E-state index contributed by atoms with van der Waals surface area (Å²) >= 11 is 1.38. The molecule has 0 aliphatic heterocycles. The number of aromatic nitrogens is 5. The Morgan fingerprint density at radius 2 is 1.63 bits per heavy atom. The maximum atomic E-state index is 13.4. The number of thioether (sulfide) groups is 1. The van der Waals surface area contributed by atoms with Gasteiger partial charge in [0, 0.05) is 17.7 Å². The normalized spacial score (nSPS) is 11.4. The van der Waals surface area contributed by atoms with Gasteiger partial charge in [-0.3, -0.25) is 4.57 Å². The van der Waals surface area contributed by atoms with Gasteiger partial charge in [0.2, 0.25) is 5.89 Å². The first kappa shape index (κ1) is 20.2. The fraction of sp³-hybridized carbons (Fsp3) is 0.238. The minimum atomic E-state index is -0.340. The Kier molecular flexibility index (Phi) is 5.89. The van der Waals surface area contributed by atoms with Crippen LogP contribution in [0.15, 0.2) is 58.2 Å². The molecule has 6 nitrogen and oxygen atoms in total. The molecule has 2 aromatic carbocycles. The monoisotopic (exact) mass is 427 g/mol. The molecule has 0 amide bonds. The molecule has 2 heterocycles. The first-order chi connectivity index (χ1) is 14.5. The summed E-state index contributed by atoms with van der Waals surface area (Å²) in [6, 6.07) is 12.0. The van der Waals surface area contributed by atoms with Crippen molar-refractivity contribution in [3.8, 4) is 17.1 Å². The highest BCUT2D eigenvalue weighted by molar-refractivity contribution is 7.98. The fourth-order valence-electron chi connectivity index (χ4n) is 2.90. The average molecular weight is 427 g/mol. The molecule has 0 saturated heterocycles. The standard InChI is InChI=1S/C21H19F2N5OS/c1-13(2)11-18-24-19(29-27-18)12-30-21-26-25-20(14-3-5-15(22)6-4-14)28(21)17-9-7-16(23)8-10-17/h3-10,13H,11-12H2,1-2H3. The largest absolute Gasteiger partial charge is 0.338 e. The highest BCUT2D eigenvalue weighted by Crippen LogP contribution is 2.29. The van der Waals surface area contributed by atoms with Crippen LogP contribution in [0.4, 0.5) is 8.78 Å². The van der Waals surface area contributed by atoms with E-state index in [1.54, 1.807) is 28.8 Å². The molecule has 4 aromatic rings. The van der Waals surface area contributed by atoms with E-state index in [0.717, 1.165) is 6.42 Å². The Bertz CT molecular complexity index is 1120. The summed E-state index contributed by atoms with van der Waals surface area (Å²) in [6.45, 7) is 4.18. The Balaban J connectivity index is 1.64. The van der Waals surface area contributed by atoms with Crippen molar-refractivity contribution in [3.63, 3.8) is 0 Å². The van der Waals surface area contributed by atoms with Gasteiger partial charge in [0.05, 0.1) is 5.75 Å². The summed E-state index contributed by atoms with van der Waals surface area (Å²) in [5, 5.41) is 13.1. The molecule has 0 radical (unpaired) electrons. The van der Waals surface area contributed by atoms with Gasteiger partial charge in [0.25, 0.3) is 0 Å². The lowest BCUT2D eigenvalue weighted by atomic mass is 10.1. The summed E-state index contributed by atoms with van der Waals surface area (Å²) < 4.78 is 33.9. The maximum Gasteiger partial charge on any atom is 0.237 e. The van der Waals surface area contributed by atoms with Crippen LogP contribution in [0.2, 0.25) is 0 Å². The second kappa shape index (κ2) is 8.74. The highest BCUT2D eigenvalue weighted by atomic mass is 32.2. The number of nitrogens with zero attached hydrogens (tertiary/aromatic N) is 5. The fourth-order valence-corrected chi connectivity index (χ4v) is 3.68. The number of hydrogen-bond donors (Lipinski definition) is 0. The minimum Gasteiger partial charge on any atom is -0.338 e. The zero-order valence-corrected chi connectivity index (χ0v) is 17.2. The van der Waals surface area contributed by atoms with Crippen LogP contribution in [0.25, 0.3) is 17.1 Å². The van der Waals surface area contributed by atoms with E-state index in [1.165, 1.54) is 36.0 Å². The summed E-state index contributed by atoms with van der Waals surface area (Å²) in [7, 11) is 0. The van der Waals surface area contributed by atoms with Crippen LogP contribution in [-0.2, 0) is 12.2 Å². The van der Waals surface area contributed by atoms with E-state index < -0.39 is 0 Å². The second-order valence-corrected chi connectivity index (χ2v) is 8.06.